The first kappa shape index (κ1) is 23.8. The number of amides is 3. The number of benzene rings is 2. The van der Waals surface area contributed by atoms with E-state index in [0.717, 1.165) is 30.2 Å². The van der Waals surface area contributed by atoms with E-state index in [1.165, 1.54) is 18.2 Å². The second-order valence-electron chi connectivity index (χ2n) is 8.03. The Morgan fingerprint density at radius 2 is 1.69 bits per heavy atom. The molecule has 1 fully saturated rings. The maximum Gasteiger partial charge on any atom is 0.254 e. The lowest BCUT2D eigenvalue weighted by molar-refractivity contribution is -0.130. The van der Waals surface area contributed by atoms with Crippen molar-refractivity contribution in [1.82, 2.24) is 10.2 Å². The van der Waals surface area contributed by atoms with Gasteiger partial charge in [-0.3, -0.25) is 14.4 Å². The van der Waals surface area contributed by atoms with Crippen LogP contribution in [-0.4, -0.2) is 53.3 Å². The number of halogens is 1. The van der Waals surface area contributed by atoms with E-state index in [1.54, 1.807) is 32.0 Å². The molecule has 1 heterocycles. The second-order valence-corrected chi connectivity index (χ2v) is 9.26. The van der Waals surface area contributed by atoms with Gasteiger partial charge in [0.15, 0.2) is 0 Å². The minimum absolute atomic E-state index is 0.104. The number of thioether (sulfide) groups is 1. The van der Waals surface area contributed by atoms with Crippen molar-refractivity contribution in [3.05, 3.63) is 65.5 Å². The lowest BCUT2D eigenvalue weighted by Gasteiger charge is -2.26. The first-order valence-electron chi connectivity index (χ1n) is 10.7. The molecule has 1 atom stereocenters. The molecule has 1 unspecified atom stereocenters. The van der Waals surface area contributed by atoms with Crippen molar-refractivity contribution in [3.8, 4) is 0 Å². The SMILES string of the molecule is CC(C)C(NC(=O)c1ccccc1F)C(=O)Nc1ccc(CC(=O)N2CCSCC2)cc1. The third-order valence-electron chi connectivity index (χ3n) is 5.29. The molecule has 170 valence electrons. The predicted octanol–water partition coefficient (Wildman–Crippen LogP) is 3.34. The number of hydrogen-bond acceptors (Lipinski definition) is 4. The zero-order valence-corrected chi connectivity index (χ0v) is 19.1. The molecule has 3 amide bonds. The number of anilines is 1. The fraction of sp³-hybridized carbons (Fsp3) is 0.375. The minimum Gasteiger partial charge on any atom is -0.341 e. The van der Waals surface area contributed by atoms with Crippen molar-refractivity contribution in [1.29, 1.82) is 0 Å². The summed E-state index contributed by atoms with van der Waals surface area (Å²) < 4.78 is 13.9. The third kappa shape index (κ3) is 6.32. The van der Waals surface area contributed by atoms with Crippen LogP contribution in [0.2, 0.25) is 0 Å². The molecule has 2 aromatic rings. The normalized spacial score (nSPS) is 14.7. The standard InChI is InChI=1S/C24H28FN3O3S/c1-16(2)22(27-23(30)19-5-3-4-6-20(19)25)24(31)26-18-9-7-17(8-10-18)15-21(29)28-11-13-32-14-12-28/h3-10,16,22H,11-15H2,1-2H3,(H,26,31)(H,27,30). The topological polar surface area (TPSA) is 78.5 Å². The van der Waals surface area contributed by atoms with Crippen molar-refractivity contribution in [2.24, 2.45) is 5.92 Å². The third-order valence-corrected chi connectivity index (χ3v) is 6.24. The summed E-state index contributed by atoms with van der Waals surface area (Å²) in [7, 11) is 0. The summed E-state index contributed by atoms with van der Waals surface area (Å²) in [6.45, 7) is 5.18. The van der Waals surface area contributed by atoms with Gasteiger partial charge in [0.25, 0.3) is 5.91 Å². The Balaban J connectivity index is 1.59. The highest BCUT2D eigenvalue weighted by Crippen LogP contribution is 2.15. The van der Waals surface area contributed by atoms with Crippen molar-refractivity contribution in [3.63, 3.8) is 0 Å². The maximum atomic E-state index is 13.9. The van der Waals surface area contributed by atoms with Gasteiger partial charge in [0, 0.05) is 30.3 Å². The molecule has 0 bridgehead atoms. The molecule has 2 aromatic carbocycles. The number of hydrogen-bond donors (Lipinski definition) is 2. The molecule has 8 heteroatoms. The van der Waals surface area contributed by atoms with E-state index in [-0.39, 0.29) is 23.3 Å². The summed E-state index contributed by atoms with van der Waals surface area (Å²) in [5.74, 6) is 0.188. The monoisotopic (exact) mass is 457 g/mol. The lowest BCUT2D eigenvalue weighted by Crippen LogP contribution is -2.47. The Kier molecular flexibility index (Phi) is 8.27. The zero-order valence-electron chi connectivity index (χ0n) is 18.3. The summed E-state index contributed by atoms with van der Waals surface area (Å²) in [5.41, 5.74) is 1.33. The van der Waals surface area contributed by atoms with E-state index in [4.69, 9.17) is 0 Å². The summed E-state index contributed by atoms with van der Waals surface area (Å²) in [6.07, 6.45) is 0.326. The van der Waals surface area contributed by atoms with Crippen molar-refractivity contribution >= 4 is 35.2 Å². The average Bonchev–Trinajstić information content (AvgIpc) is 2.79. The Labute approximate surface area is 191 Å². The van der Waals surface area contributed by atoms with Crippen molar-refractivity contribution in [2.75, 3.05) is 29.9 Å². The number of nitrogens with zero attached hydrogens (tertiary/aromatic N) is 1. The number of carbonyl (C=O) groups is 3. The number of rotatable bonds is 7. The Hall–Kier alpha value is -2.87. The van der Waals surface area contributed by atoms with Gasteiger partial charge in [0.2, 0.25) is 11.8 Å². The molecule has 3 rings (SSSR count). The van der Waals surface area contributed by atoms with Gasteiger partial charge >= 0.3 is 0 Å². The largest absolute Gasteiger partial charge is 0.341 e. The molecule has 0 aromatic heterocycles. The van der Waals surface area contributed by atoms with E-state index in [0.29, 0.717) is 12.1 Å². The fourth-order valence-corrected chi connectivity index (χ4v) is 4.33. The van der Waals surface area contributed by atoms with Gasteiger partial charge in [-0.1, -0.05) is 38.1 Å². The van der Waals surface area contributed by atoms with E-state index < -0.39 is 17.8 Å². The molecular weight excluding hydrogens is 429 g/mol. The van der Waals surface area contributed by atoms with Gasteiger partial charge in [-0.15, -0.1) is 0 Å². The smallest absolute Gasteiger partial charge is 0.254 e. The van der Waals surface area contributed by atoms with Gasteiger partial charge in [-0.25, -0.2) is 4.39 Å². The van der Waals surface area contributed by atoms with Crippen molar-refractivity contribution < 1.29 is 18.8 Å². The number of carbonyl (C=O) groups excluding carboxylic acids is 3. The van der Waals surface area contributed by atoms with Crippen LogP contribution in [0.3, 0.4) is 0 Å². The number of nitrogens with one attached hydrogen (secondary N) is 2. The molecule has 0 saturated carbocycles. The first-order valence-corrected chi connectivity index (χ1v) is 11.8. The van der Waals surface area contributed by atoms with E-state index in [9.17, 15) is 18.8 Å². The molecule has 2 N–H and O–H groups in total. The lowest BCUT2D eigenvalue weighted by atomic mass is 10.0. The van der Waals surface area contributed by atoms with Gasteiger partial charge in [0.05, 0.1) is 12.0 Å². The van der Waals surface area contributed by atoms with Crippen LogP contribution in [0.5, 0.6) is 0 Å². The molecular formula is C24H28FN3O3S. The Bertz CT molecular complexity index is 959. The van der Waals surface area contributed by atoms with Gasteiger partial charge in [-0.05, 0) is 35.7 Å². The molecule has 1 aliphatic rings. The van der Waals surface area contributed by atoms with Gasteiger partial charge in [0.1, 0.15) is 11.9 Å². The quantitative estimate of drug-likeness (QED) is 0.669. The van der Waals surface area contributed by atoms with Crippen LogP contribution in [0.25, 0.3) is 0 Å². The zero-order chi connectivity index (χ0) is 23.1. The van der Waals surface area contributed by atoms with Crippen LogP contribution in [0.1, 0.15) is 29.8 Å². The van der Waals surface area contributed by atoms with Crippen LogP contribution in [0.4, 0.5) is 10.1 Å². The minimum atomic E-state index is -0.833. The van der Waals surface area contributed by atoms with Crippen LogP contribution in [0.15, 0.2) is 48.5 Å². The van der Waals surface area contributed by atoms with E-state index in [1.807, 2.05) is 28.8 Å². The average molecular weight is 458 g/mol. The molecule has 1 aliphatic heterocycles. The molecule has 0 aliphatic carbocycles. The molecule has 32 heavy (non-hydrogen) atoms. The highest BCUT2D eigenvalue weighted by atomic mass is 32.2. The van der Waals surface area contributed by atoms with E-state index >= 15 is 0 Å². The fourth-order valence-electron chi connectivity index (χ4n) is 3.42. The Morgan fingerprint density at radius 1 is 1.03 bits per heavy atom. The summed E-state index contributed by atoms with van der Waals surface area (Å²) in [5, 5.41) is 5.42. The van der Waals surface area contributed by atoms with Gasteiger partial charge < -0.3 is 15.5 Å². The summed E-state index contributed by atoms with van der Waals surface area (Å²) in [4.78, 5) is 39.5. The first-order chi connectivity index (χ1) is 15.3. The van der Waals surface area contributed by atoms with Crippen LogP contribution >= 0.6 is 11.8 Å². The maximum absolute atomic E-state index is 13.9. The van der Waals surface area contributed by atoms with Crippen LogP contribution in [0, 0.1) is 11.7 Å². The highest BCUT2D eigenvalue weighted by molar-refractivity contribution is 7.99. The van der Waals surface area contributed by atoms with Crippen LogP contribution in [-0.2, 0) is 16.0 Å². The highest BCUT2D eigenvalue weighted by Gasteiger charge is 2.26. The van der Waals surface area contributed by atoms with Crippen LogP contribution < -0.4 is 10.6 Å². The molecule has 0 spiro atoms. The summed E-state index contributed by atoms with van der Waals surface area (Å²) in [6, 6.07) is 11.9. The van der Waals surface area contributed by atoms with Gasteiger partial charge in [-0.2, -0.15) is 11.8 Å². The predicted molar refractivity (Wildman–Crippen MR) is 125 cm³/mol. The molecule has 1 saturated heterocycles. The van der Waals surface area contributed by atoms with E-state index in [2.05, 4.69) is 10.6 Å². The summed E-state index contributed by atoms with van der Waals surface area (Å²) >= 11 is 1.86. The van der Waals surface area contributed by atoms with Crippen molar-refractivity contribution in [2.45, 2.75) is 26.3 Å². The second kappa shape index (κ2) is 11.1. The molecule has 6 nitrogen and oxygen atoms in total. The Morgan fingerprint density at radius 3 is 2.31 bits per heavy atom. The molecule has 0 radical (unpaired) electrons.